The lowest BCUT2D eigenvalue weighted by Gasteiger charge is -2.34. The lowest BCUT2D eigenvalue weighted by atomic mass is 10.2. The molecule has 0 saturated carbocycles. The summed E-state index contributed by atoms with van der Waals surface area (Å²) >= 11 is 1.46. The van der Waals surface area contributed by atoms with E-state index in [1.54, 1.807) is 0 Å². The molecule has 24 heavy (non-hydrogen) atoms. The molecule has 126 valence electrons. The average Bonchev–Trinajstić information content (AvgIpc) is 3.21. The van der Waals surface area contributed by atoms with Crippen molar-refractivity contribution in [1.82, 2.24) is 9.80 Å². The minimum absolute atomic E-state index is 0.161. The fourth-order valence-corrected chi connectivity index (χ4v) is 3.91. The van der Waals surface area contributed by atoms with Gasteiger partial charge in [-0.25, -0.2) is 0 Å². The van der Waals surface area contributed by atoms with Crippen LogP contribution in [-0.4, -0.2) is 60.4 Å². The molecule has 0 N–H and O–H groups in total. The lowest BCUT2D eigenvalue weighted by Crippen LogP contribution is -2.47. The first-order valence-corrected chi connectivity index (χ1v) is 8.94. The molecule has 0 aromatic heterocycles. The van der Waals surface area contributed by atoms with Gasteiger partial charge in [0.2, 0.25) is 6.79 Å². The second-order valence-electron chi connectivity index (χ2n) is 5.84. The Kier molecular flexibility index (Phi) is 4.20. The molecule has 3 heterocycles. The van der Waals surface area contributed by atoms with E-state index in [9.17, 15) is 4.79 Å². The number of hydrogen-bond donors (Lipinski definition) is 0. The highest BCUT2D eigenvalue weighted by molar-refractivity contribution is 8.18. The highest BCUT2D eigenvalue weighted by Crippen LogP contribution is 2.35. The number of hydrogen-bond acceptors (Lipinski definition) is 6. The molecular formula is C17H19N3O3S. The number of ether oxygens (including phenoxy) is 2. The van der Waals surface area contributed by atoms with Crippen LogP contribution in [0.2, 0.25) is 0 Å². The highest BCUT2D eigenvalue weighted by atomic mass is 32.2. The van der Waals surface area contributed by atoms with Crippen molar-refractivity contribution in [2.24, 2.45) is 4.99 Å². The molecule has 0 bridgehead atoms. The molecule has 1 saturated heterocycles. The van der Waals surface area contributed by atoms with Crippen LogP contribution < -0.4 is 9.47 Å². The van der Waals surface area contributed by atoms with Crippen LogP contribution in [-0.2, 0) is 4.79 Å². The predicted octanol–water partition coefficient (Wildman–Crippen LogP) is 2.02. The van der Waals surface area contributed by atoms with Gasteiger partial charge < -0.3 is 19.3 Å². The number of amides is 1. The van der Waals surface area contributed by atoms with E-state index in [1.165, 1.54) is 11.8 Å². The molecule has 0 unspecified atom stereocenters. The van der Waals surface area contributed by atoms with Gasteiger partial charge in [0.25, 0.3) is 5.91 Å². The number of rotatable bonds is 2. The summed E-state index contributed by atoms with van der Waals surface area (Å²) < 4.78 is 10.7. The molecular weight excluding hydrogens is 326 g/mol. The number of thioether (sulfide) groups is 1. The second-order valence-corrected chi connectivity index (χ2v) is 6.85. The number of benzene rings is 1. The first kappa shape index (κ1) is 15.5. The van der Waals surface area contributed by atoms with Crippen LogP contribution in [0.1, 0.15) is 12.5 Å². The third kappa shape index (κ3) is 3.01. The molecule has 1 amide bonds. The maximum atomic E-state index is 12.2. The van der Waals surface area contributed by atoms with Gasteiger partial charge in [0.05, 0.1) is 4.91 Å². The van der Waals surface area contributed by atoms with Gasteiger partial charge >= 0.3 is 0 Å². The van der Waals surface area contributed by atoms with Crippen molar-refractivity contribution in [2.75, 3.05) is 39.5 Å². The fraction of sp³-hybridized carbons (Fsp3) is 0.412. The molecule has 1 aromatic carbocycles. The topological polar surface area (TPSA) is 54.4 Å². The minimum atomic E-state index is -0.161. The van der Waals surface area contributed by atoms with Gasteiger partial charge in [-0.3, -0.25) is 4.79 Å². The van der Waals surface area contributed by atoms with Crippen LogP contribution >= 0.6 is 11.8 Å². The van der Waals surface area contributed by atoms with Gasteiger partial charge in [-0.05, 0) is 42.1 Å². The van der Waals surface area contributed by atoms with Crippen molar-refractivity contribution in [2.45, 2.75) is 6.92 Å². The Bertz CT molecular complexity index is 724. The van der Waals surface area contributed by atoms with E-state index in [0.29, 0.717) is 4.91 Å². The SMILES string of the molecule is CCN1CCN(C2=NC(=O)/C(=C\c3ccc4c(c3)OCO4)S2)CC1. The quantitative estimate of drug-likeness (QED) is 0.765. The van der Waals surface area contributed by atoms with Crippen LogP contribution in [0.5, 0.6) is 11.5 Å². The zero-order valence-corrected chi connectivity index (χ0v) is 14.3. The van der Waals surface area contributed by atoms with E-state index in [4.69, 9.17) is 9.47 Å². The van der Waals surface area contributed by atoms with Crippen molar-refractivity contribution in [3.05, 3.63) is 28.7 Å². The number of aliphatic imine (C=N–C) groups is 1. The van der Waals surface area contributed by atoms with Crippen molar-refractivity contribution < 1.29 is 14.3 Å². The summed E-state index contributed by atoms with van der Waals surface area (Å²) in [7, 11) is 0. The van der Waals surface area contributed by atoms with Crippen LogP contribution in [0.4, 0.5) is 0 Å². The molecule has 3 aliphatic rings. The Morgan fingerprint density at radius 3 is 2.79 bits per heavy atom. The van der Waals surface area contributed by atoms with Gasteiger partial charge in [0.1, 0.15) is 0 Å². The summed E-state index contributed by atoms with van der Waals surface area (Å²) in [5.41, 5.74) is 0.919. The van der Waals surface area contributed by atoms with Gasteiger partial charge in [0, 0.05) is 26.2 Å². The number of fused-ring (bicyclic) bond motifs is 1. The maximum Gasteiger partial charge on any atom is 0.286 e. The number of piperazine rings is 1. The Morgan fingerprint density at radius 2 is 2.00 bits per heavy atom. The van der Waals surface area contributed by atoms with Crippen LogP contribution in [0, 0.1) is 0 Å². The lowest BCUT2D eigenvalue weighted by molar-refractivity contribution is -0.113. The predicted molar refractivity (Wildman–Crippen MR) is 94.3 cm³/mol. The third-order valence-electron chi connectivity index (χ3n) is 4.39. The summed E-state index contributed by atoms with van der Waals surface area (Å²) in [5.74, 6) is 1.30. The summed E-state index contributed by atoms with van der Waals surface area (Å²) in [5, 5.41) is 0.822. The van der Waals surface area contributed by atoms with Crippen LogP contribution in [0.3, 0.4) is 0 Å². The zero-order valence-electron chi connectivity index (χ0n) is 13.5. The minimum Gasteiger partial charge on any atom is -0.454 e. The maximum absolute atomic E-state index is 12.2. The van der Waals surface area contributed by atoms with E-state index >= 15 is 0 Å². The summed E-state index contributed by atoms with van der Waals surface area (Å²) in [6, 6.07) is 5.68. The first-order chi connectivity index (χ1) is 11.7. The molecule has 3 aliphatic heterocycles. The second kappa shape index (κ2) is 6.49. The normalized spacial score (nSPS) is 22.4. The first-order valence-electron chi connectivity index (χ1n) is 8.12. The molecule has 1 fully saturated rings. The summed E-state index contributed by atoms with van der Waals surface area (Å²) in [4.78, 5) is 21.7. The van der Waals surface area contributed by atoms with E-state index < -0.39 is 0 Å². The highest BCUT2D eigenvalue weighted by Gasteiger charge is 2.28. The summed E-state index contributed by atoms with van der Waals surface area (Å²) in [6.07, 6.45) is 1.87. The van der Waals surface area contributed by atoms with Crippen LogP contribution in [0.25, 0.3) is 6.08 Å². The largest absolute Gasteiger partial charge is 0.454 e. The van der Waals surface area contributed by atoms with Crippen molar-refractivity contribution in [3.8, 4) is 11.5 Å². The Morgan fingerprint density at radius 1 is 1.21 bits per heavy atom. The number of carbonyl (C=O) groups is 1. The van der Waals surface area contributed by atoms with Crippen LogP contribution in [0.15, 0.2) is 28.1 Å². The molecule has 4 rings (SSSR count). The molecule has 0 spiro atoms. The van der Waals surface area contributed by atoms with E-state index in [0.717, 1.165) is 55.0 Å². The molecule has 0 radical (unpaired) electrons. The molecule has 0 aliphatic carbocycles. The number of nitrogens with zero attached hydrogens (tertiary/aromatic N) is 3. The monoisotopic (exact) mass is 345 g/mol. The third-order valence-corrected chi connectivity index (χ3v) is 5.44. The van der Waals surface area contributed by atoms with Crippen molar-refractivity contribution in [3.63, 3.8) is 0 Å². The van der Waals surface area contributed by atoms with Gasteiger partial charge in [-0.15, -0.1) is 0 Å². The van der Waals surface area contributed by atoms with E-state index in [1.807, 2.05) is 24.3 Å². The standard InChI is InChI=1S/C17H19N3O3S/c1-2-19-5-7-20(8-6-19)17-18-16(21)15(24-17)10-12-3-4-13-14(9-12)23-11-22-13/h3-4,9-10H,2,5-8,11H2,1H3/b15-10+. The fourth-order valence-electron chi connectivity index (χ4n) is 2.94. The number of carbonyl (C=O) groups excluding carboxylic acids is 1. The average molecular weight is 345 g/mol. The zero-order chi connectivity index (χ0) is 16.5. The molecule has 6 nitrogen and oxygen atoms in total. The van der Waals surface area contributed by atoms with Gasteiger partial charge in [-0.1, -0.05) is 13.0 Å². The number of likely N-dealkylation sites (N-methyl/N-ethyl adjacent to an activating group) is 1. The molecule has 0 atom stereocenters. The number of amidine groups is 1. The Hall–Kier alpha value is -1.99. The van der Waals surface area contributed by atoms with Crippen molar-refractivity contribution in [1.29, 1.82) is 0 Å². The van der Waals surface area contributed by atoms with E-state index in [-0.39, 0.29) is 12.7 Å². The van der Waals surface area contributed by atoms with Crippen molar-refractivity contribution >= 4 is 28.9 Å². The van der Waals surface area contributed by atoms with Gasteiger partial charge in [0.15, 0.2) is 16.7 Å². The summed E-state index contributed by atoms with van der Waals surface area (Å²) in [6.45, 7) is 7.38. The molecule has 1 aromatic rings. The Balaban J connectivity index is 1.46. The smallest absolute Gasteiger partial charge is 0.286 e. The Labute approximate surface area is 145 Å². The molecule has 7 heteroatoms. The van der Waals surface area contributed by atoms with E-state index in [2.05, 4.69) is 21.7 Å². The van der Waals surface area contributed by atoms with Gasteiger partial charge in [-0.2, -0.15) is 4.99 Å².